The Hall–Kier alpha value is -3.02. The van der Waals surface area contributed by atoms with E-state index in [1.807, 2.05) is 18.2 Å². The largest absolute Gasteiger partial charge is 0.493 e. The van der Waals surface area contributed by atoms with Crippen LogP contribution in [0.2, 0.25) is 10.0 Å². The average molecular weight is 552 g/mol. The molecule has 3 aromatic carbocycles. The number of hydrogen-bond acceptors (Lipinski definition) is 5. The highest BCUT2D eigenvalue weighted by Crippen LogP contribution is 2.37. The van der Waals surface area contributed by atoms with E-state index >= 15 is 0 Å². The van der Waals surface area contributed by atoms with Gasteiger partial charge in [-0.1, -0.05) is 78.6 Å². The summed E-state index contributed by atoms with van der Waals surface area (Å²) < 4.78 is 11.3. The van der Waals surface area contributed by atoms with Gasteiger partial charge < -0.3 is 14.3 Å². The predicted octanol–water partition coefficient (Wildman–Crippen LogP) is 7.71. The molecule has 5 rings (SSSR count). The molecule has 0 fully saturated rings. The number of halogens is 2. The van der Waals surface area contributed by atoms with Crippen molar-refractivity contribution >= 4 is 34.9 Å². The zero-order valence-electron chi connectivity index (χ0n) is 21.7. The summed E-state index contributed by atoms with van der Waals surface area (Å²) in [6.45, 7) is 4.59. The molecule has 3 atom stereocenters. The Balaban J connectivity index is 1.32. The van der Waals surface area contributed by atoms with E-state index in [0.29, 0.717) is 22.2 Å². The van der Waals surface area contributed by atoms with Crippen molar-refractivity contribution in [2.45, 2.75) is 45.1 Å². The Morgan fingerprint density at radius 2 is 1.76 bits per heavy atom. The third-order valence-corrected chi connectivity index (χ3v) is 8.09. The average Bonchev–Trinajstić information content (AvgIpc) is 3.34. The molecule has 2 aliphatic rings. The smallest absolute Gasteiger partial charge is 0.313 e. The molecule has 5 nitrogen and oxygen atoms in total. The van der Waals surface area contributed by atoms with Crippen LogP contribution in [0.15, 0.2) is 65.8 Å². The molecule has 198 valence electrons. The molecule has 3 unspecified atom stereocenters. The number of ether oxygens (including phenoxy) is 2. The first-order valence-electron chi connectivity index (χ1n) is 13.0. The van der Waals surface area contributed by atoms with Gasteiger partial charge in [0.2, 0.25) is 0 Å². The van der Waals surface area contributed by atoms with E-state index in [9.17, 15) is 4.79 Å². The van der Waals surface area contributed by atoms with Crippen LogP contribution in [-0.4, -0.2) is 31.5 Å². The van der Waals surface area contributed by atoms with Crippen molar-refractivity contribution < 1.29 is 19.1 Å². The fraction of sp³-hybridized carbons (Fsp3) is 0.355. The molecular weight excluding hydrogens is 521 g/mol. The quantitative estimate of drug-likeness (QED) is 0.282. The molecule has 0 spiro atoms. The second-order valence-corrected chi connectivity index (χ2v) is 11.0. The summed E-state index contributed by atoms with van der Waals surface area (Å²) in [4.78, 5) is 18.0. The molecule has 1 heterocycles. The van der Waals surface area contributed by atoms with Crippen molar-refractivity contribution in [1.82, 2.24) is 0 Å². The van der Waals surface area contributed by atoms with Crippen LogP contribution in [0.5, 0.6) is 5.75 Å². The van der Waals surface area contributed by atoms with Crippen LogP contribution in [-0.2, 0) is 20.8 Å². The molecule has 0 amide bonds. The molecule has 0 saturated heterocycles. The fourth-order valence-electron chi connectivity index (χ4n) is 5.46. The van der Waals surface area contributed by atoms with Crippen LogP contribution in [0.1, 0.15) is 49.3 Å². The summed E-state index contributed by atoms with van der Waals surface area (Å²) in [6.07, 6.45) is 2.65. The van der Waals surface area contributed by atoms with E-state index in [2.05, 4.69) is 49.3 Å². The molecular formula is C31H31Cl2NO4. The van der Waals surface area contributed by atoms with Gasteiger partial charge in [0.1, 0.15) is 24.2 Å². The van der Waals surface area contributed by atoms with E-state index in [1.165, 1.54) is 12.7 Å². The van der Waals surface area contributed by atoms with Gasteiger partial charge in [-0.3, -0.25) is 4.79 Å². The Kier molecular flexibility index (Phi) is 7.96. The molecule has 1 aliphatic carbocycles. The highest BCUT2D eigenvalue weighted by Gasteiger charge is 2.39. The van der Waals surface area contributed by atoms with Crippen molar-refractivity contribution in [2.75, 3.05) is 13.7 Å². The van der Waals surface area contributed by atoms with Gasteiger partial charge in [0.05, 0.1) is 29.0 Å². The van der Waals surface area contributed by atoms with Gasteiger partial charge in [0, 0.05) is 5.56 Å². The first-order chi connectivity index (χ1) is 18.4. The monoisotopic (exact) mass is 551 g/mol. The van der Waals surface area contributed by atoms with Crippen molar-refractivity contribution in [3.63, 3.8) is 0 Å². The van der Waals surface area contributed by atoms with Crippen LogP contribution in [0.25, 0.3) is 11.1 Å². The normalized spacial score (nSPS) is 20.5. The predicted molar refractivity (Wildman–Crippen MR) is 151 cm³/mol. The van der Waals surface area contributed by atoms with Gasteiger partial charge in [0.15, 0.2) is 0 Å². The lowest BCUT2D eigenvalue weighted by Crippen LogP contribution is -2.33. The molecule has 0 radical (unpaired) electrons. The van der Waals surface area contributed by atoms with Crippen molar-refractivity contribution in [3.8, 4) is 16.9 Å². The molecule has 0 saturated carbocycles. The summed E-state index contributed by atoms with van der Waals surface area (Å²) in [5, 5.41) is 5.46. The maximum absolute atomic E-state index is 12.2. The zero-order chi connectivity index (χ0) is 26.8. The van der Waals surface area contributed by atoms with Gasteiger partial charge in [0.25, 0.3) is 0 Å². The number of fused-ring (bicyclic) bond motifs is 1. The molecule has 38 heavy (non-hydrogen) atoms. The van der Waals surface area contributed by atoms with Gasteiger partial charge in [-0.2, -0.15) is 0 Å². The maximum Gasteiger partial charge on any atom is 0.313 e. The molecule has 0 bridgehead atoms. The molecule has 7 heteroatoms. The number of oxime groups is 1. The molecule has 1 aliphatic heterocycles. The number of carbonyl (C=O) groups excluding carboxylic acids is 1. The van der Waals surface area contributed by atoms with Gasteiger partial charge in [-0.15, -0.1) is 0 Å². The SMILES string of the molecule is COC(=O)C1CCCc2cc(-c3ccc(OCC4C(c5c(Cl)cccc5Cl)=NOC4C(C)C)cc3)ccc21. The number of benzene rings is 3. The minimum Gasteiger partial charge on any atom is -0.493 e. The van der Waals surface area contributed by atoms with E-state index in [-0.39, 0.29) is 29.8 Å². The number of carbonyl (C=O) groups is 1. The highest BCUT2D eigenvalue weighted by atomic mass is 35.5. The van der Waals surface area contributed by atoms with Gasteiger partial charge >= 0.3 is 5.97 Å². The minimum absolute atomic E-state index is 0.115. The Labute approximate surface area is 233 Å². The van der Waals surface area contributed by atoms with Crippen molar-refractivity contribution in [3.05, 3.63) is 87.4 Å². The maximum atomic E-state index is 12.2. The summed E-state index contributed by atoms with van der Waals surface area (Å²) >= 11 is 13.0. The van der Waals surface area contributed by atoms with E-state index in [0.717, 1.165) is 47.4 Å². The summed E-state index contributed by atoms with van der Waals surface area (Å²) in [6, 6.07) is 19.8. The topological polar surface area (TPSA) is 57.1 Å². The summed E-state index contributed by atoms with van der Waals surface area (Å²) in [5.74, 6) is 0.553. The fourth-order valence-corrected chi connectivity index (χ4v) is 6.05. The number of hydrogen-bond donors (Lipinski definition) is 0. The van der Waals surface area contributed by atoms with Crippen LogP contribution in [0, 0.1) is 11.8 Å². The minimum atomic E-state index is -0.170. The lowest BCUT2D eigenvalue weighted by atomic mass is 9.81. The molecule has 0 aromatic heterocycles. The highest BCUT2D eigenvalue weighted by molar-refractivity contribution is 6.40. The molecule has 3 aromatic rings. The zero-order valence-corrected chi connectivity index (χ0v) is 23.3. The first kappa shape index (κ1) is 26.6. The standard InChI is InChI=1S/C31H31Cl2NO4/c1-18(2)30-25(29(34-38-30)28-26(32)8-5-9-27(28)33)17-37-22-13-10-19(11-14-22)20-12-15-23-21(16-20)6-4-7-24(23)31(35)36-3/h5,8-16,18,24-25,30H,4,6-7,17H2,1-3H3. The lowest BCUT2D eigenvalue weighted by Gasteiger charge is -2.24. The van der Waals surface area contributed by atoms with Crippen LogP contribution in [0.3, 0.4) is 0 Å². The van der Waals surface area contributed by atoms with Gasteiger partial charge in [-0.05, 0) is 71.7 Å². The Morgan fingerprint density at radius 1 is 1.05 bits per heavy atom. The van der Waals surface area contributed by atoms with Crippen molar-refractivity contribution in [1.29, 1.82) is 0 Å². The third kappa shape index (κ3) is 5.27. The second kappa shape index (κ2) is 11.4. The number of nitrogens with zero attached hydrogens (tertiary/aromatic N) is 1. The summed E-state index contributed by atoms with van der Waals surface area (Å²) in [7, 11) is 1.46. The second-order valence-electron chi connectivity index (χ2n) is 10.2. The van der Waals surface area contributed by atoms with E-state index in [4.69, 9.17) is 37.5 Å². The number of methoxy groups -OCH3 is 1. The van der Waals surface area contributed by atoms with E-state index < -0.39 is 0 Å². The Bertz CT molecular complexity index is 1330. The first-order valence-corrected chi connectivity index (χ1v) is 13.7. The van der Waals surface area contributed by atoms with Gasteiger partial charge in [-0.25, -0.2) is 0 Å². The molecule has 0 N–H and O–H groups in total. The van der Waals surface area contributed by atoms with Crippen LogP contribution >= 0.6 is 23.2 Å². The van der Waals surface area contributed by atoms with Crippen LogP contribution < -0.4 is 4.74 Å². The number of rotatable bonds is 7. The third-order valence-electron chi connectivity index (χ3n) is 7.46. The summed E-state index contributed by atoms with van der Waals surface area (Å²) in [5.41, 5.74) is 5.93. The van der Waals surface area contributed by atoms with Crippen LogP contribution in [0.4, 0.5) is 0 Å². The lowest BCUT2D eigenvalue weighted by molar-refractivity contribution is -0.142. The Morgan fingerprint density at radius 3 is 2.45 bits per heavy atom. The van der Waals surface area contributed by atoms with Crippen molar-refractivity contribution in [2.24, 2.45) is 17.0 Å². The number of aryl methyl sites for hydroxylation is 1. The van der Waals surface area contributed by atoms with E-state index in [1.54, 1.807) is 12.1 Å². The number of esters is 1.